The number of anilines is 1. The minimum absolute atomic E-state index is 0.0653. The maximum Gasteiger partial charge on any atom is 0.303 e. The summed E-state index contributed by atoms with van der Waals surface area (Å²) >= 11 is 0.881. The summed E-state index contributed by atoms with van der Waals surface area (Å²) in [6.07, 6.45) is 5.45. The van der Waals surface area contributed by atoms with Gasteiger partial charge in [-0.2, -0.15) is 0 Å². The molecule has 1 aliphatic heterocycles. The van der Waals surface area contributed by atoms with Crippen molar-refractivity contribution in [2.24, 2.45) is 0 Å². The Morgan fingerprint density at radius 2 is 1.85 bits per heavy atom. The molecule has 0 radical (unpaired) electrons. The number of amides is 2. The topological polar surface area (TPSA) is 77.9 Å². The molecular weight excluding hydrogens is 364 g/mol. The zero-order valence-corrected chi connectivity index (χ0v) is 16.4. The number of allylic oxidation sites excluding steroid dienone is 2. The van der Waals surface area contributed by atoms with E-state index in [2.05, 4.69) is 30.9 Å². The molecule has 7 heteroatoms. The second kappa shape index (κ2) is 9.97. The first-order valence-corrected chi connectivity index (χ1v) is 9.76. The van der Waals surface area contributed by atoms with Gasteiger partial charge in [0, 0.05) is 31.7 Å². The van der Waals surface area contributed by atoms with E-state index in [1.807, 2.05) is 18.2 Å². The van der Waals surface area contributed by atoms with Crippen LogP contribution in [-0.2, 0) is 9.59 Å². The first-order chi connectivity index (χ1) is 13.0. The smallest absolute Gasteiger partial charge is 0.303 e. The van der Waals surface area contributed by atoms with Gasteiger partial charge in [-0.05, 0) is 55.8 Å². The van der Waals surface area contributed by atoms with E-state index in [9.17, 15) is 14.4 Å². The highest BCUT2D eigenvalue weighted by atomic mass is 32.2. The molecule has 0 bridgehead atoms. The maximum atomic E-state index is 12.2. The molecule has 1 aliphatic rings. The molecule has 1 aromatic carbocycles. The molecule has 1 saturated heterocycles. The predicted molar refractivity (Wildman–Crippen MR) is 109 cm³/mol. The highest BCUT2D eigenvalue weighted by molar-refractivity contribution is 8.18. The first-order valence-electron chi connectivity index (χ1n) is 8.95. The number of imide groups is 1. The summed E-state index contributed by atoms with van der Waals surface area (Å²) in [4.78, 5) is 38.4. The fourth-order valence-electron chi connectivity index (χ4n) is 2.73. The van der Waals surface area contributed by atoms with Crippen molar-refractivity contribution in [2.45, 2.75) is 26.7 Å². The Morgan fingerprint density at radius 1 is 1.19 bits per heavy atom. The van der Waals surface area contributed by atoms with Gasteiger partial charge in [-0.3, -0.25) is 19.3 Å². The lowest BCUT2D eigenvalue weighted by Gasteiger charge is -2.20. The van der Waals surface area contributed by atoms with Crippen LogP contribution in [0.15, 0.2) is 41.3 Å². The second-order valence-electron chi connectivity index (χ2n) is 5.98. The van der Waals surface area contributed by atoms with Crippen molar-refractivity contribution >= 4 is 40.6 Å². The number of hydrogen-bond acceptors (Lipinski definition) is 5. The van der Waals surface area contributed by atoms with E-state index < -0.39 is 5.97 Å². The summed E-state index contributed by atoms with van der Waals surface area (Å²) in [5, 5.41) is 8.30. The van der Waals surface area contributed by atoms with Gasteiger partial charge in [0.05, 0.1) is 4.91 Å². The van der Waals surface area contributed by atoms with Crippen molar-refractivity contribution in [1.29, 1.82) is 0 Å². The van der Waals surface area contributed by atoms with Crippen molar-refractivity contribution < 1.29 is 19.5 Å². The molecule has 144 valence electrons. The highest BCUT2D eigenvalue weighted by Crippen LogP contribution is 2.30. The molecule has 0 aromatic heterocycles. The maximum absolute atomic E-state index is 12.2. The quantitative estimate of drug-likeness (QED) is 0.645. The molecule has 1 aromatic rings. The summed E-state index contributed by atoms with van der Waals surface area (Å²) in [6, 6.07) is 8.14. The average Bonchev–Trinajstić information content (AvgIpc) is 2.91. The van der Waals surface area contributed by atoms with Crippen LogP contribution in [0.1, 0.15) is 32.3 Å². The molecular formula is C20H24N2O4S. The van der Waals surface area contributed by atoms with Gasteiger partial charge in [-0.25, -0.2) is 0 Å². The molecule has 0 spiro atoms. The number of hydrogen-bond donors (Lipinski definition) is 1. The number of benzene rings is 1. The van der Waals surface area contributed by atoms with Crippen LogP contribution in [-0.4, -0.2) is 46.8 Å². The van der Waals surface area contributed by atoms with Gasteiger partial charge >= 0.3 is 5.97 Å². The van der Waals surface area contributed by atoms with Gasteiger partial charge in [-0.1, -0.05) is 24.3 Å². The summed E-state index contributed by atoms with van der Waals surface area (Å²) in [5.41, 5.74) is 2.17. The van der Waals surface area contributed by atoms with E-state index in [0.29, 0.717) is 4.91 Å². The number of thioether (sulfide) groups is 1. The summed E-state index contributed by atoms with van der Waals surface area (Å²) in [6.45, 7) is 6.27. The third-order valence-corrected chi connectivity index (χ3v) is 5.13. The molecule has 1 N–H and O–H groups in total. The molecule has 0 saturated carbocycles. The lowest BCUT2D eigenvalue weighted by atomic mass is 10.2. The summed E-state index contributed by atoms with van der Waals surface area (Å²) < 4.78 is 0. The molecule has 0 atom stereocenters. The average molecular weight is 388 g/mol. The van der Waals surface area contributed by atoms with Crippen molar-refractivity contribution in [3.8, 4) is 0 Å². The Labute approximate surface area is 163 Å². The third-order valence-electron chi connectivity index (χ3n) is 4.20. The van der Waals surface area contributed by atoms with E-state index in [4.69, 9.17) is 5.11 Å². The molecule has 1 fully saturated rings. The van der Waals surface area contributed by atoms with Gasteiger partial charge in [0.15, 0.2) is 0 Å². The Bertz CT molecular complexity index is 752. The largest absolute Gasteiger partial charge is 0.481 e. The normalized spacial score (nSPS) is 15.9. The van der Waals surface area contributed by atoms with Gasteiger partial charge in [-0.15, -0.1) is 0 Å². The van der Waals surface area contributed by atoms with Crippen LogP contribution in [0, 0.1) is 0 Å². The zero-order valence-electron chi connectivity index (χ0n) is 15.6. The van der Waals surface area contributed by atoms with Crippen LogP contribution in [0.5, 0.6) is 0 Å². The van der Waals surface area contributed by atoms with Crippen LogP contribution in [0.3, 0.4) is 0 Å². The zero-order chi connectivity index (χ0) is 19.8. The number of carboxylic acid groups (broad SMARTS) is 1. The van der Waals surface area contributed by atoms with E-state index in [1.54, 1.807) is 12.2 Å². The number of nitrogens with zero attached hydrogens (tertiary/aromatic N) is 2. The molecule has 2 rings (SSSR count). The molecule has 0 unspecified atom stereocenters. The molecule has 27 heavy (non-hydrogen) atoms. The fraction of sp³-hybridized carbons (Fsp3) is 0.350. The number of carboxylic acids is 1. The minimum Gasteiger partial charge on any atom is -0.481 e. The van der Waals surface area contributed by atoms with Crippen molar-refractivity contribution in [3.63, 3.8) is 0 Å². The molecule has 1 heterocycles. The lowest BCUT2D eigenvalue weighted by molar-refractivity contribution is -0.137. The Balaban J connectivity index is 1.97. The van der Waals surface area contributed by atoms with Crippen molar-refractivity contribution in [3.05, 3.63) is 46.9 Å². The number of aliphatic carboxylic acids is 1. The lowest BCUT2D eigenvalue weighted by Crippen LogP contribution is -2.29. The standard InChI is InChI=1S/C20H24N2O4S/c1-3-21(4-2)16-12-10-15(11-13-16)7-5-8-17-19(25)22(20(26)27-17)14-6-9-18(23)24/h5,7-8,10-13H,3-4,6,9,14H2,1-2H3,(H,23,24)/b7-5-,17-8-. The monoisotopic (exact) mass is 388 g/mol. The molecule has 0 aliphatic carbocycles. The first kappa shape index (κ1) is 20.8. The van der Waals surface area contributed by atoms with Gasteiger partial charge in [0.1, 0.15) is 0 Å². The van der Waals surface area contributed by atoms with Crippen LogP contribution in [0.4, 0.5) is 10.5 Å². The van der Waals surface area contributed by atoms with Crippen LogP contribution >= 0.6 is 11.8 Å². The third kappa shape index (κ3) is 5.72. The number of rotatable bonds is 9. The van der Waals surface area contributed by atoms with Crippen molar-refractivity contribution in [2.75, 3.05) is 24.5 Å². The van der Waals surface area contributed by atoms with Gasteiger partial charge in [0.25, 0.3) is 11.1 Å². The van der Waals surface area contributed by atoms with E-state index in [-0.39, 0.29) is 30.5 Å². The van der Waals surface area contributed by atoms with Crippen LogP contribution in [0.2, 0.25) is 0 Å². The summed E-state index contributed by atoms with van der Waals surface area (Å²) in [5.74, 6) is -1.30. The molecule has 2 amide bonds. The fourth-order valence-corrected chi connectivity index (χ4v) is 3.54. The Kier molecular flexibility index (Phi) is 7.67. The van der Waals surface area contributed by atoms with E-state index in [0.717, 1.165) is 35.3 Å². The SMILES string of the molecule is CCN(CC)c1ccc(/C=C\C=C2/SC(=O)N(CCCC(=O)O)C2=O)cc1. The predicted octanol–water partition coefficient (Wildman–Crippen LogP) is 3.99. The number of carbonyl (C=O) groups is 3. The highest BCUT2D eigenvalue weighted by Gasteiger charge is 2.34. The Hall–Kier alpha value is -2.54. The van der Waals surface area contributed by atoms with Crippen LogP contribution in [0.25, 0.3) is 6.08 Å². The minimum atomic E-state index is -0.938. The van der Waals surface area contributed by atoms with E-state index in [1.165, 1.54) is 5.69 Å². The molecule has 6 nitrogen and oxygen atoms in total. The van der Waals surface area contributed by atoms with E-state index >= 15 is 0 Å². The van der Waals surface area contributed by atoms with Crippen LogP contribution < -0.4 is 4.90 Å². The summed E-state index contributed by atoms with van der Waals surface area (Å²) in [7, 11) is 0. The number of carbonyl (C=O) groups excluding carboxylic acids is 2. The van der Waals surface area contributed by atoms with Gasteiger partial charge < -0.3 is 10.0 Å². The van der Waals surface area contributed by atoms with Crippen molar-refractivity contribution in [1.82, 2.24) is 4.90 Å². The van der Waals surface area contributed by atoms with Gasteiger partial charge in [0.2, 0.25) is 0 Å². The Morgan fingerprint density at radius 3 is 2.44 bits per heavy atom. The second-order valence-corrected chi connectivity index (χ2v) is 6.97.